The van der Waals surface area contributed by atoms with Crippen molar-refractivity contribution in [2.24, 2.45) is 0 Å². The topological polar surface area (TPSA) is 63.0 Å². The Kier molecular flexibility index (Phi) is 5.49. The summed E-state index contributed by atoms with van der Waals surface area (Å²) in [5.41, 5.74) is 0. The fraction of sp³-hybridized carbons (Fsp3) is 0.778. The molecule has 0 spiro atoms. The predicted molar refractivity (Wildman–Crippen MR) is 63.1 cm³/mol. The summed E-state index contributed by atoms with van der Waals surface area (Å²) in [6.07, 6.45) is 2.07. The average molecular weight is 230 g/mol. The van der Waals surface area contributed by atoms with Crippen LogP contribution in [0.4, 0.5) is 6.01 Å². The fourth-order valence-electron chi connectivity index (χ4n) is 1.12. The van der Waals surface area contributed by atoms with Gasteiger partial charge < -0.3 is 15.1 Å². The lowest BCUT2D eigenvalue weighted by atomic mass is 10.4. The van der Waals surface area contributed by atoms with Crippen LogP contribution in [0.3, 0.4) is 0 Å². The molecule has 0 aromatic carbocycles. The molecule has 0 fully saturated rings. The third-order valence-electron chi connectivity index (χ3n) is 1.78. The quantitative estimate of drug-likeness (QED) is 0.737. The van der Waals surface area contributed by atoms with Crippen molar-refractivity contribution in [3.8, 4) is 0 Å². The fourth-order valence-corrected chi connectivity index (χ4v) is 1.70. The van der Waals surface area contributed by atoms with Gasteiger partial charge >= 0.3 is 6.01 Å². The Labute approximate surface area is 94.4 Å². The number of aromatic nitrogens is 2. The molecule has 5 nitrogen and oxygen atoms in total. The van der Waals surface area contributed by atoms with Crippen molar-refractivity contribution < 1.29 is 4.42 Å². The van der Waals surface area contributed by atoms with Crippen LogP contribution in [0.15, 0.2) is 4.42 Å². The van der Waals surface area contributed by atoms with Crippen LogP contribution in [-0.2, 0) is 6.54 Å². The molecule has 0 amide bonds. The lowest BCUT2D eigenvalue weighted by molar-refractivity contribution is 0.479. The second-order valence-electron chi connectivity index (χ2n) is 3.28. The van der Waals surface area contributed by atoms with Crippen molar-refractivity contribution in [1.29, 1.82) is 0 Å². The van der Waals surface area contributed by atoms with Gasteiger partial charge in [-0.1, -0.05) is 12.0 Å². The molecule has 1 aromatic rings. The highest BCUT2D eigenvalue weighted by Crippen LogP contribution is 2.08. The molecule has 1 atom stereocenters. The standard InChI is InChI=1S/C9H18N4OS/c1-4-10-5-8-12-13-9(14-8)11-7(2)6-15-3/h7,10H,4-6H2,1-3H3,(H,11,13). The molecule has 0 saturated carbocycles. The summed E-state index contributed by atoms with van der Waals surface area (Å²) in [7, 11) is 0. The number of rotatable bonds is 7. The van der Waals surface area contributed by atoms with Crippen LogP contribution in [0.2, 0.25) is 0 Å². The molecule has 1 aromatic heterocycles. The first-order valence-electron chi connectivity index (χ1n) is 5.04. The zero-order valence-corrected chi connectivity index (χ0v) is 10.2. The Morgan fingerprint density at radius 3 is 2.93 bits per heavy atom. The summed E-state index contributed by atoms with van der Waals surface area (Å²) < 4.78 is 5.40. The number of hydrogen-bond donors (Lipinski definition) is 2. The predicted octanol–water partition coefficient (Wildman–Crippen LogP) is 1.34. The highest BCUT2D eigenvalue weighted by Gasteiger charge is 2.07. The Morgan fingerprint density at radius 2 is 2.27 bits per heavy atom. The van der Waals surface area contributed by atoms with Gasteiger partial charge in [-0.3, -0.25) is 0 Å². The average Bonchev–Trinajstić information content (AvgIpc) is 2.63. The van der Waals surface area contributed by atoms with Gasteiger partial charge in [0.15, 0.2) is 0 Å². The molecule has 6 heteroatoms. The van der Waals surface area contributed by atoms with Gasteiger partial charge in [0.05, 0.1) is 6.54 Å². The van der Waals surface area contributed by atoms with E-state index < -0.39 is 0 Å². The third kappa shape index (κ3) is 4.53. The maximum absolute atomic E-state index is 5.40. The van der Waals surface area contributed by atoms with Crippen molar-refractivity contribution in [3.05, 3.63) is 5.89 Å². The van der Waals surface area contributed by atoms with Crippen LogP contribution in [0.5, 0.6) is 0 Å². The van der Waals surface area contributed by atoms with Crippen LogP contribution in [0.1, 0.15) is 19.7 Å². The molecule has 0 aliphatic heterocycles. The largest absolute Gasteiger partial charge is 0.407 e. The highest BCUT2D eigenvalue weighted by atomic mass is 32.2. The minimum atomic E-state index is 0.340. The zero-order chi connectivity index (χ0) is 11.1. The van der Waals surface area contributed by atoms with Crippen molar-refractivity contribution in [3.63, 3.8) is 0 Å². The van der Waals surface area contributed by atoms with E-state index in [0.717, 1.165) is 12.3 Å². The molecule has 86 valence electrons. The summed E-state index contributed by atoms with van der Waals surface area (Å²) >= 11 is 1.78. The van der Waals surface area contributed by atoms with Crippen molar-refractivity contribution in [2.45, 2.75) is 26.4 Å². The van der Waals surface area contributed by atoms with E-state index in [2.05, 4.69) is 34.0 Å². The van der Waals surface area contributed by atoms with Crippen molar-refractivity contribution in [1.82, 2.24) is 15.5 Å². The molecule has 0 aliphatic carbocycles. The van der Waals surface area contributed by atoms with Crippen LogP contribution >= 0.6 is 11.8 Å². The van der Waals surface area contributed by atoms with Crippen LogP contribution in [-0.4, -0.2) is 34.8 Å². The van der Waals surface area contributed by atoms with Crippen molar-refractivity contribution in [2.75, 3.05) is 23.9 Å². The highest BCUT2D eigenvalue weighted by molar-refractivity contribution is 7.98. The molecular weight excluding hydrogens is 212 g/mol. The van der Waals surface area contributed by atoms with Gasteiger partial charge in [0, 0.05) is 11.8 Å². The number of nitrogens with zero attached hydrogens (tertiary/aromatic N) is 2. The van der Waals surface area contributed by atoms with Gasteiger partial charge in [-0.15, -0.1) is 5.10 Å². The van der Waals surface area contributed by atoms with Crippen LogP contribution in [0.25, 0.3) is 0 Å². The minimum Gasteiger partial charge on any atom is -0.407 e. The number of anilines is 1. The molecular formula is C9H18N4OS. The Morgan fingerprint density at radius 1 is 1.47 bits per heavy atom. The van der Waals surface area contributed by atoms with Crippen molar-refractivity contribution >= 4 is 17.8 Å². The molecule has 0 aliphatic rings. The molecule has 0 bridgehead atoms. The summed E-state index contributed by atoms with van der Waals surface area (Å²) in [5, 5.41) is 14.1. The molecule has 15 heavy (non-hydrogen) atoms. The normalized spacial score (nSPS) is 12.7. The van der Waals surface area contributed by atoms with E-state index in [-0.39, 0.29) is 0 Å². The number of nitrogens with one attached hydrogen (secondary N) is 2. The Bertz CT molecular complexity index is 279. The zero-order valence-electron chi connectivity index (χ0n) is 9.41. The first-order chi connectivity index (χ1) is 7.26. The summed E-state index contributed by atoms with van der Waals surface area (Å²) in [5.74, 6) is 1.64. The summed E-state index contributed by atoms with van der Waals surface area (Å²) in [6, 6.07) is 0.844. The van der Waals surface area contributed by atoms with E-state index in [0.29, 0.717) is 24.5 Å². The minimum absolute atomic E-state index is 0.340. The van der Waals surface area contributed by atoms with E-state index in [9.17, 15) is 0 Å². The van der Waals surface area contributed by atoms with E-state index in [1.807, 2.05) is 6.92 Å². The Hall–Kier alpha value is -0.750. The van der Waals surface area contributed by atoms with Crippen LogP contribution < -0.4 is 10.6 Å². The SMILES string of the molecule is CCNCc1nnc(NC(C)CSC)o1. The maximum atomic E-state index is 5.40. The van der Waals surface area contributed by atoms with Gasteiger partial charge in [-0.25, -0.2) is 0 Å². The van der Waals surface area contributed by atoms with Crippen LogP contribution in [0, 0.1) is 0 Å². The lowest BCUT2D eigenvalue weighted by Gasteiger charge is -2.08. The van der Waals surface area contributed by atoms with E-state index >= 15 is 0 Å². The van der Waals surface area contributed by atoms with Gasteiger partial charge in [0.1, 0.15) is 0 Å². The first kappa shape index (κ1) is 12.3. The van der Waals surface area contributed by atoms with Gasteiger partial charge in [-0.2, -0.15) is 11.8 Å². The Balaban J connectivity index is 2.38. The smallest absolute Gasteiger partial charge is 0.315 e. The maximum Gasteiger partial charge on any atom is 0.315 e. The monoisotopic (exact) mass is 230 g/mol. The molecule has 1 unspecified atom stereocenters. The summed E-state index contributed by atoms with van der Waals surface area (Å²) in [6.45, 7) is 5.65. The molecule has 0 radical (unpaired) electrons. The van der Waals surface area contributed by atoms with E-state index in [1.54, 1.807) is 11.8 Å². The van der Waals surface area contributed by atoms with E-state index in [4.69, 9.17) is 4.42 Å². The number of hydrogen-bond acceptors (Lipinski definition) is 6. The summed E-state index contributed by atoms with van der Waals surface area (Å²) in [4.78, 5) is 0. The van der Waals surface area contributed by atoms with Gasteiger partial charge in [0.2, 0.25) is 5.89 Å². The second-order valence-corrected chi connectivity index (χ2v) is 4.19. The van der Waals surface area contributed by atoms with Gasteiger partial charge in [-0.05, 0) is 19.7 Å². The van der Waals surface area contributed by atoms with E-state index in [1.165, 1.54) is 0 Å². The molecule has 1 rings (SSSR count). The molecule has 2 N–H and O–H groups in total. The third-order valence-corrected chi connectivity index (χ3v) is 2.61. The second kappa shape index (κ2) is 6.68. The molecule has 1 heterocycles. The molecule has 0 saturated heterocycles. The lowest BCUT2D eigenvalue weighted by Crippen LogP contribution is -2.17. The van der Waals surface area contributed by atoms with Gasteiger partial charge in [0.25, 0.3) is 0 Å². The first-order valence-corrected chi connectivity index (χ1v) is 6.44. The number of thioether (sulfide) groups is 1.